The number of imidazole rings is 1. The minimum atomic E-state index is -0.616. The van der Waals surface area contributed by atoms with Crippen molar-refractivity contribution in [1.29, 1.82) is 0 Å². The van der Waals surface area contributed by atoms with E-state index in [-0.39, 0.29) is 18.5 Å². The lowest BCUT2D eigenvalue weighted by Gasteiger charge is -2.20. The third-order valence-electron chi connectivity index (χ3n) is 8.16. The number of anilines is 1. The molecular weight excluding hydrogens is 606 g/mol. The van der Waals surface area contributed by atoms with Crippen LogP contribution in [-0.2, 0) is 17.7 Å². The lowest BCUT2D eigenvalue weighted by atomic mass is 10.0. The van der Waals surface area contributed by atoms with Crippen molar-refractivity contribution >= 4 is 29.0 Å². The van der Waals surface area contributed by atoms with Gasteiger partial charge in [-0.1, -0.05) is 24.3 Å². The summed E-state index contributed by atoms with van der Waals surface area (Å²) in [5.74, 6) is 1.45. The number of ether oxygens (including phenoxy) is 1. The number of carbonyl (C=O) groups is 2. The maximum Gasteiger partial charge on any atom is 0.407 e. The van der Waals surface area contributed by atoms with Gasteiger partial charge in [0, 0.05) is 36.4 Å². The van der Waals surface area contributed by atoms with Crippen molar-refractivity contribution in [1.82, 2.24) is 39.9 Å². The zero-order valence-electron chi connectivity index (χ0n) is 26.8. The predicted octanol–water partition coefficient (Wildman–Crippen LogP) is 5.69. The monoisotopic (exact) mass is 641 g/mol. The van der Waals surface area contributed by atoms with Crippen LogP contribution in [0.1, 0.15) is 60.3 Å². The highest BCUT2D eigenvalue weighted by atomic mass is 16.6. The smallest absolute Gasteiger partial charge is 0.407 e. The first-order chi connectivity index (χ1) is 23.1. The predicted molar refractivity (Wildman–Crippen MR) is 182 cm³/mol. The maximum atomic E-state index is 13.6. The number of amides is 2. The highest BCUT2D eigenvalue weighted by Crippen LogP contribution is 2.36. The number of hydrogen-bond donors (Lipinski definition) is 3. The number of rotatable bonds is 7. The van der Waals surface area contributed by atoms with Crippen molar-refractivity contribution in [2.24, 2.45) is 0 Å². The normalized spacial score (nSPS) is 14.1. The Hall–Kier alpha value is -6.04. The van der Waals surface area contributed by atoms with Crippen LogP contribution in [0.15, 0.2) is 91.4 Å². The molecule has 0 radical (unpaired) electrons. The second-order valence-electron chi connectivity index (χ2n) is 12.6. The standard InChI is InChI=1S/C36H35N9O3/c1-36(2,3)48-35(47)39-21-23-8-4-5-9-26(23)34(46)42-28-14-11-22-20-24(12-13-25(22)28)45-32(27-10-6-17-38-31(27)37)41-29-15-16-30(43-33(29)45)44-19-7-18-40-44/h4-10,12-13,15-20,28H,11,14,21H2,1-3H3,(H2,37,38)(H,39,47)(H,42,46)/t28-/m0/s1. The van der Waals surface area contributed by atoms with Crippen LogP contribution in [0.2, 0.25) is 0 Å². The first kappa shape index (κ1) is 30.6. The fourth-order valence-corrected chi connectivity index (χ4v) is 6.02. The summed E-state index contributed by atoms with van der Waals surface area (Å²) >= 11 is 0. The molecule has 4 aromatic heterocycles. The molecule has 0 fully saturated rings. The Kier molecular flexibility index (Phi) is 7.83. The summed E-state index contributed by atoms with van der Waals surface area (Å²) in [6.07, 6.45) is 6.19. The van der Waals surface area contributed by atoms with Crippen molar-refractivity contribution in [3.63, 3.8) is 0 Å². The molecule has 7 rings (SSSR count). The van der Waals surface area contributed by atoms with Gasteiger partial charge >= 0.3 is 6.09 Å². The van der Waals surface area contributed by atoms with Gasteiger partial charge in [0.15, 0.2) is 17.3 Å². The van der Waals surface area contributed by atoms with E-state index in [1.165, 1.54) is 0 Å². The van der Waals surface area contributed by atoms with E-state index in [0.29, 0.717) is 45.3 Å². The second kappa shape index (κ2) is 12.3. The number of nitrogens with zero attached hydrogens (tertiary/aromatic N) is 6. The third-order valence-corrected chi connectivity index (χ3v) is 8.16. The molecule has 0 spiro atoms. The number of nitrogens with one attached hydrogen (secondary N) is 2. The van der Waals surface area contributed by atoms with Crippen LogP contribution in [0.5, 0.6) is 0 Å². The Bertz CT molecular complexity index is 2150. The van der Waals surface area contributed by atoms with E-state index in [2.05, 4.69) is 32.8 Å². The molecule has 4 heterocycles. The molecule has 1 aliphatic rings. The molecule has 6 aromatic rings. The van der Waals surface area contributed by atoms with E-state index in [9.17, 15) is 9.59 Å². The number of nitrogens with two attached hydrogens (primary N) is 1. The number of aryl methyl sites for hydroxylation is 1. The molecule has 48 heavy (non-hydrogen) atoms. The number of alkyl carbamates (subject to hydrolysis) is 1. The minimum absolute atomic E-state index is 0.169. The second-order valence-corrected chi connectivity index (χ2v) is 12.6. The molecule has 1 aliphatic carbocycles. The van der Waals surface area contributed by atoms with Crippen molar-refractivity contribution in [3.8, 4) is 22.9 Å². The first-order valence-corrected chi connectivity index (χ1v) is 15.7. The van der Waals surface area contributed by atoms with Gasteiger partial charge in [-0.15, -0.1) is 0 Å². The van der Waals surface area contributed by atoms with Crippen LogP contribution in [0, 0.1) is 0 Å². The Morgan fingerprint density at radius 3 is 2.65 bits per heavy atom. The van der Waals surface area contributed by atoms with Crippen LogP contribution in [0.4, 0.5) is 10.6 Å². The van der Waals surface area contributed by atoms with Gasteiger partial charge in [-0.3, -0.25) is 9.36 Å². The van der Waals surface area contributed by atoms with Crippen LogP contribution in [0.25, 0.3) is 34.1 Å². The molecule has 242 valence electrons. The zero-order chi connectivity index (χ0) is 33.4. The van der Waals surface area contributed by atoms with Crippen LogP contribution in [0.3, 0.4) is 0 Å². The molecule has 0 unspecified atom stereocenters. The highest BCUT2D eigenvalue weighted by molar-refractivity contribution is 5.96. The van der Waals surface area contributed by atoms with Crippen LogP contribution < -0.4 is 16.4 Å². The first-order valence-electron chi connectivity index (χ1n) is 15.7. The largest absolute Gasteiger partial charge is 0.444 e. The summed E-state index contributed by atoms with van der Waals surface area (Å²) < 4.78 is 9.05. The Labute approximate surface area is 277 Å². The van der Waals surface area contributed by atoms with E-state index < -0.39 is 11.7 Å². The molecule has 0 saturated carbocycles. The van der Waals surface area contributed by atoms with E-state index >= 15 is 0 Å². The molecule has 0 bridgehead atoms. The van der Waals surface area contributed by atoms with Crippen molar-refractivity contribution in [3.05, 3.63) is 114 Å². The van der Waals surface area contributed by atoms with Crippen LogP contribution >= 0.6 is 0 Å². The summed E-state index contributed by atoms with van der Waals surface area (Å²) in [5, 5.41) is 10.3. The van der Waals surface area contributed by atoms with Gasteiger partial charge in [0.2, 0.25) is 0 Å². The number of benzene rings is 2. The summed E-state index contributed by atoms with van der Waals surface area (Å²) in [5.41, 5.74) is 12.0. The Morgan fingerprint density at radius 1 is 1.00 bits per heavy atom. The summed E-state index contributed by atoms with van der Waals surface area (Å²) in [6, 6.07) is 22.6. The third kappa shape index (κ3) is 6.07. The highest BCUT2D eigenvalue weighted by Gasteiger charge is 2.27. The summed E-state index contributed by atoms with van der Waals surface area (Å²) in [4.78, 5) is 40.0. The van der Waals surface area contributed by atoms with Gasteiger partial charge in [-0.2, -0.15) is 5.10 Å². The number of aromatic nitrogens is 6. The van der Waals surface area contributed by atoms with E-state index in [0.717, 1.165) is 29.7 Å². The fourth-order valence-electron chi connectivity index (χ4n) is 6.02. The molecule has 4 N–H and O–H groups in total. The fraction of sp³-hybridized carbons (Fsp3) is 0.222. The van der Waals surface area contributed by atoms with Gasteiger partial charge in [0.05, 0.1) is 11.6 Å². The SMILES string of the molecule is CC(C)(C)OC(=O)NCc1ccccc1C(=O)N[C@H]1CCc2cc(-n3c(-c4cccnc4N)nc4ccc(-n5cccn5)nc43)ccc21. The Morgan fingerprint density at radius 2 is 1.85 bits per heavy atom. The molecule has 0 aliphatic heterocycles. The van der Waals surface area contributed by atoms with Crippen molar-refractivity contribution in [2.75, 3.05) is 5.73 Å². The number of fused-ring (bicyclic) bond motifs is 2. The molecular formula is C36H35N9O3. The number of hydrogen-bond acceptors (Lipinski definition) is 8. The summed E-state index contributed by atoms with van der Waals surface area (Å²) in [7, 11) is 0. The molecule has 1 atom stereocenters. The quantitative estimate of drug-likeness (QED) is 0.201. The molecule has 2 amide bonds. The molecule has 12 nitrogen and oxygen atoms in total. The Balaban J connectivity index is 1.18. The average molecular weight is 642 g/mol. The van der Waals surface area contributed by atoms with Gasteiger partial charge in [-0.25, -0.2) is 24.4 Å². The topological polar surface area (TPSA) is 155 Å². The van der Waals surface area contributed by atoms with E-state index in [1.54, 1.807) is 43.9 Å². The van der Waals surface area contributed by atoms with Gasteiger partial charge in [0.1, 0.15) is 16.9 Å². The molecule has 0 saturated heterocycles. The average Bonchev–Trinajstić information content (AvgIpc) is 3.82. The van der Waals surface area contributed by atoms with Crippen LogP contribution in [-0.4, -0.2) is 46.9 Å². The van der Waals surface area contributed by atoms with Gasteiger partial charge in [0.25, 0.3) is 5.91 Å². The number of carbonyl (C=O) groups excluding carboxylic acids is 2. The minimum Gasteiger partial charge on any atom is -0.444 e. The lowest BCUT2D eigenvalue weighted by Crippen LogP contribution is -2.33. The van der Waals surface area contributed by atoms with Crippen molar-refractivity contribution in [2.45, 2.75) is 51.8 Å². The summed E-state index contributed by atoms with van der Waals surface area (Å²) in [6.45, 7) is 5.58. The molecule has 12 heteroatoms. The van der Waals surface area contributed by atoms with E-state index in [4.69, 9.17) is 20.4 Å². The number of nitrogen functional groups attached to an aromatic ring is 1. The number of pyridine rings is 2. The van der Waals surface area contributed by atoms with Gasteiger partial charge in [-0.05, 0) is 98.8 Å². The van der Waals surface area contributed by atoms with Gasteiger partial charge < -0.3 is 21.1 Å². The van der Waals surface area contributed by atoms with Crippen molar-refractivity contribution < 1.29 is 14.3 Å². The maximum absolute atomic E-state index is 13.6. The lowest BCUT2D eigenvalue weighted by molar-refractivity contribution is 0.0522. The zero-order valence-corrected chi connectivity index (χ0v) is 26.8. The molecule has 2 aromatic carbocycles. The van der Waals surface area contributed by atoms with E-state index in [1.807, 2.05) is 65.4 Å².